The number of aliphatic hydroxyl groups excluding tert-OH is 3. The van der Waals surface area contributed by atoms with Gasteiger partial charge in [0, 0.05) is 20.3 Å². The first-order valence-electron chi connectivity index (χ1n) is 8.70. The first-order chi connectivity index (χ1) is 12.6. The third kappa shape index (κ3) is 32.1. The summed E-state index contributed by atoms with van der Waals surface area (Å²) in [5.41, 5.74) is 0. The molecule has 0 spiro atoms. The number of hydrogen-bond donors (Lipinski definition) is 3. The van der Waals surface area contributed by atoms with E-state index in [0.717, 1.165) is 0 Å². The van der Waals surface area contributed by atoms with Gasteiger partial charge in [-0.05, 0) is 25.2 Å². The van der Waals surface area contributed by atoms with Gasteiger partial charge in [0.15, 0.2) is 0 Å². The normalized spacial score (nSPS) is 12.5. The van der Waals surface area contributed by atoms with Crippen LogP contribution in [0.5, 0.6) is 0 Å². The monoisotopic (exact) mass is 498 g/mol. The van der Waals surface area contributed by atoms with Crippen molar-refractivity contribution in [3.63, 3.8) is 0 Å². The van der Waals surface area contributed by atoms with Crippen LogP contribution in [0.2, 0.25) is 0 Å². The van der Waals surface area contributed by atoms with Crippen molar-refractivity contribution < 1.29 is 39.0 Å². The van der Waals surface area contributed by atoms with Crippen molar-refractivity contribution >= 4 is 22.6 Å². The predicted molar refractivity (Wildman–Crippen MR) is 110 cm³/mol. The van der Waals surface area contributed by atoms with E-state index in [2.05, 4.69) is 22.6 Å². The highest BCUT2D eigenvalue weighted by Gasteiger charge is 2.01. The number of rotatable bonds is 16. The van der Waals surface area contributed by atoms with Gasteiger partial charge < -0.3 is 39.0 Å². The lowest BCUT2D eigenvalue weighted by Crippen LogP contribution is -2.18. The lowest BCUT2D eigenvalue weighted by molar-refractivity contribution is -0.0254. The second-order valence-electron chi connectivity index (χ2n) is 5.03. The van der Waals surface area contributed by atoms with Crippen LogP contribution in [0, 0.1) is 0 Å². The van der Waals surface area contributed by atoms with Gasteiger partial charge in [0.25, 0.3) is 0 Å². The average Bonchev–Trinajstić information content (AvgIpc) is 2.66. The molecule has 0 aliphatic rings. The largest absolute Gasteiger partial charge is 0.396 e. The Labute approximate surface area is 172 Å². The summed E-state index contributed by atoms with van der Waals surface area (Å²) in [6.07, 6.45) is 0.757. The van der Waals surface area contributed by atoms with E-state index in [1.54, 1.807) is 7.11 Å². The average molecular weight is 498 g/mol. The van der Waals surface area contributed by atoms with Crippen LogP contribution in [0.3, 0.4) is 0 Å². The Bertz CT molecular complexity index is 225. The van der Waals surface area contributed by atoms with Crippen molar-refractivity contribution in [1.29, 1.82) is 0 Å². The molecule has 0 aliphatic heterocycles. The minimum atomic E-state index is -0.0197. The Hall–Kier alpha value is 0.410. The molecule has 0 aromatic heterocycles. The van der Waals surface area contributed by atoms with Crippen molar-refractivity contribution in [2.24, 2.45) is 0 Å². The van der Waals surface area contributed by atoms with Gasteiger partial charge in [0.05, 0.1) is 65.1 Å². The zero-order chi connectivity index (χ0) is 20.5. The van der Waals surface area contributed by atoms with Crippen LogP contribution in [0.15, 0.2) is 0 Å². The maximum atomic E-state index is 8.48. The highest BCUT2D eigenvalue weighted by atomic mass is 127. The van der Waals surface area contributed by atoms with E-state index in [0.29, 0.717) is 52.7 Å². The third-order valence-electron chi connectivity index (χ3n) is 2.57. The number of aliphatic hydroxyl groups is 3. The maximum absolute atomic E-state index is 8.48. The molecule has 26 heavy (non-hydrogen) atoms. The molecule has 2 atom stereocenters. The van der Waals surface area contributed by atoms with Gasteiger partial charge in [-0.1, -0.05) is 22.6 Å². The maximum Gasteiger partial charge on any atom is 0.0781 e. The Morgan fingerprint density at radius 2 is 1.19 bits per heavy atom. The van der Waals surface area contributed by atoms with E-state index >= 15 is 0 Å². The van der Waals surface area contributed by atoms with Crippen LogP contribution in [0.4, 0.5) is 0 Å². The van der Waals surface area contributed by atoms with Crippen LogP contribution >= 0.6 is 22.6 Å². The van der Waals surface area contributed by atoms with E-state index in [-0.39, 0.29) is 32.0 Å². The molecule has 3 N–H and O–H groups in total. The molecule has 0 aliphatic carbocycles. The zero-order valence-corrected chi connectivity index (χ0v) is 18.9. The van der Waals surface area contributed by atoms with Gasteiger partial charge >= 0.3 is 0 Å². The van der Waals surface area contributed by atoms with Crippen LogP contribution in [0.25, 0.3) is 0 Å². The molecule has 8 nitrogen and oxygen atoms in total. The molecule has 2 unspecified atom stereocenters. The molecule has 0 fully saturated rings. The zero-order valence-electron chi connectivity index (χ0n) is 16.7. The summed E-state index contributed by atoms with van der Waals surface area (Å²) in [5, 5.41) is 25.2. The van der Waals surface area contributed by atoms with Gasteiger partial charge in [-0.2, -0.15) is 0 Å². The molecule has 0 rings (SSSR count). The standard InChI is InChI=1S/C9H20O4.C7H16O4.CH3I/c1-9(13-7-6-11-2)8-12-5-3-4-10;1-7(11-5-3-9)6-10-4-2-8;1-2/h9-10H,3-8H2,1-2H3;7-9H,2-6H2,1H3;1H3. The van der Waals surface area contributed by atoms with Crippen molar-refractivity contribution in [2.75, 3.05) is 78.1 Å². The summed E-state index contributed by atoms with van der Waals surface area (Å²) in [6.45, 7) is 7.56. The van der Waals surface area contributed by atoms with Gasteiger partial charge in [0.1, 0.15) is 0 Å². The van der Waals surface area contributed by atoms with Crippen LogP contribution in [-0.4, -0.2) is 106 Å². The number of hydrogen-bond acceptors (Lipinski definition) is 8. The SMILES string of the molecule is CC(COCCO)OCCO.CI.COCCOC(C)COCCCO. The molecule has 9 heteroatoms. The third-order valence-corrected chi connectivity index (χ3v) is 2.57. The van der Waals surface area contributed by atoms with E-state index in [1.165, 1.54) is 0 Å². The fraction of sp³-hybridized carbons (Fsp3) is 1.00. The molecule has 0 radical (unpaired) electrons. The summed E-state index contributed by atoms with van der Waals surface area (Å²) < 4.78 is 25.5. The van der Waals surface area contributed by atoms with Crippen molar-refractivity contribution in [2.45, 2.75) is 32.5 Å². The lowest BCUT2D eigenvalue weighted by atomic mass is 10.4. The van der Waals surface area contributed by atoms with E-state index in [4.69, 9.17) is 39.0 Å². The van der Waals surface area contributed by atoms with Crippen LogP contribution in [-0.2, 0) is 23.7 Å². The van der Waals surface area contributed by atoms with Gasteiger partial charge in [-0.25, -0.2) is 0 Å². The molecule has 162 valence electrons. The number of alkyl halides is 1. The van der Waals surface area contributed by atoms with Gasteiger partial charge in [0.2, 0.25) is 0 Å². The Kier molecular flexibility index (Phi) is 36.1. The molecule has 0 heterocycles. The van der Waals surface area contributed by atoms with E-state index < -0.39 is 0 Å². The molecule has 0 bridgehead atoms. The molecule has 0 saturated carbocycles. The van der Waals surface area contributed by atoms with Crippen molar-refractivity contribution in [3.05, 3.63) is 0 Å². The van der Waals surface area contributed by atoms with Crippen LogP contribution in [0.1, 0.15) is 20.3 Å². The van der Waals surface area contributed by atoms with Crippen molar-refractivity contribution in [3.8, 4) is 0 Å². The Balaban J connectivity index is -0.000000375. The Morgan fingerprint density at radius 1 is 0.692 bits per heavy atom. The molecule has 0 saturated heterocycles. The smallest absolute Gasteiger partial charge is 0.0781 e. The summed E-state index contributed by atoms with van der Waals surface area (Å²) >= 11 is 2.15. The molecule has 0 aromatic rings. The van der Waals surface area contributed by atoms with Gasteiger partial charge in [-0.15, -0.1) is 0 Å². The fourth-order valence-corrected chi connectivity index (χ4v) is 1.41. The predicted octanol–water partition coefficient (Wildman–Crippen LogP) is 0.881. The quantitative estimate of drug-likeness (QED) is 0.164. The van der Waals surface area contributed by atoms with E-state index in [1.807, 2.05) is 18.8 Å². The number of halogens is 1. The summed E-state index contributed by atoms with van der Waals surface area (Å²) in [4.78, 5) is 1.97. The lowest BCUT2D eigenvalue weighted by Gasteiger charge is -2.12. The number of ether oxygens (including phenoxy) is 5. The molecular formula is C17H39IO8. The molecule has 0 aromatic carbocycles. The minimum Gasteiger partial charge on any atom is -0.396 e. The number of methoxy groups -OCH3 is 1. The second kappa shape index (κ2) is 30.1. The summed E-state index contributed by atoms with van der Waals surface area (Å²) in [6, 6.07) is 0. The molecular weight excluding hydrogens is 459 g/mol. The highest BCUT2D eigenvalue weighted by Crippen LogP contribution is 1.93. The first kappa shape index (κ1) is 31.1. The second-order valence-corrected chi connectivity index (χ2v) is 5.03. The van der Waals surface area contributed by atoms with Gasteiger partial charge in [-0.3, -0.25) is 0 Å². The van der Waals surface area contributed by atoms with E-state index in [9.17, 15) is 0 Å². The highest BCUT2D eigenvalue weighted by molar-refractivity contribution is 14.1. The van der Waals surface area contributed by atoms with Crippen molar-refractivity contribution in [1.82, 2.24) is 0 Å². The summed E-state index contributed by atoms with van der Waals surface area (Å²) in [5.74, 6) is 0. The topological polar surface area (TPSA) is 107 Å². The molecule has 0 amide bonds. The van der Waals surface area contributed by atoms with Crippen LogP contribution < -0.4 is 0 Å². The summed E-state index contributed by atoms with van der Waals surface area (Å²) in [7, 11) is 1.64. The fourth-order valence-electron chi connectivity index (χ4n) is 1.41. The minimum absolute atomic E-state index is 0.0197. The first-order valence-corrected chi connectivity index (χ1v) is 10.9. The Morgan fingerprint density at radius 3 is 1.65 bits per heavy atom.